The van der Waals surface area contributed by atoms with Crippen LogP contribution in [0.3, 0.4) is 0 Å². The first-order valence-electron chi connectivity index (χ1n) is 7.28. The molecule has 1 amide bonds. The van der Waals surface area contributed by atoms with Gasteiger partial charge in [0.2, 0.25) is 5.91 Å². The third kappa shape index (κ3) is 5.06. The zero-order chi connectivity index (χ0) is 16.8. The number of hydrogen-bond acceptors (Lipinski definition) is 5. The number of thiophene rings is 1. The molecular weight excluding hydrogens is 362 g/mol. The Morgan fingerprint density at radius 2 is 2.00 bits per heavy atom. The van der Waals surface area contributed by atoms with Crippen molar-refractivity contribution in [2.24, 2.45) is 0 Å². The van der Waals surface area contributed by atoms with Gasteiger partial charge < -0.3 is 5.32 Å². The van der Waals surface area contributed by atoms with Crippen molar-refractivity contribution in [3.8, 4) is 0 Å². The Hall–Kier alpha value is -1.89. The van der Waals surface area contributed by atoms with Crippen molar-refractivity contribution in [2.75, 3.05) is 5.32 Å². The molecule has 0 fully saturated rings. The number of hydrogen-bond donors (Lipinski definition) is 1. The second-order valence-corrected chi connectivity index (χ2v) is 7.75. The molecule has 122 valence electrons. The van der Waals surface area contributed by atoms with Crippen LogP contribution in [0.2, 0.25) is 4.34 Å². The Balaban J connectivity index is 1.56. The number of carbonyl (C=O) groups is 1. The predicted molar refractivity (Wildman–Crippen MR) is 98.9 cm³/mol. The summed E-state index contributed by atoms with van der Waals surface area (Å²) in [6.07, 6.45) is 4.52. The molecule has 7 heteroatoms. The van der Waals surface area contributed by atoms with Gasteiger partial charge in [-0.15, -0.1) is 11.3 Å². The van der Waals surface area contributed by atoms with E-state index in [2.05, 4.69) is 15.3 Å². The van der Waals surface area contributed by atoms with Crippen LogP contribution in [0.5, 0.6) is 0 Å². The Bertz CT molecular complexity index is 823. The van der Waals surface area contributed by atoms with Gasteiger partial charge >= 0.3 is 0 Å². The summed E-state index contributed by atoms with van der Waals surface area (Å²) >= 11 is 8.85. The van der Waals surface area contributed by atoms with Crippen LogP contribution >= 0.6 is 34.7 Å². The molecule has 4 nitrogen and oxygen atoms in total. The molecule has 0 saturated heterocycles. The normalized spacial score (nSPS) is 10.5. The van der Waals surface area contributed by atoms with Crippen LogP contribution in [0, 0.1) is 0 Å². The molecule has 0 atom stereocenters. The molecule has 0 aliphatic carbocycles. The molecule has 3 rings (SSSR count). The second-order valence-electron chi connectivity index (χ2n) is 4.91. The predicted octanol–water partition coefficient (Wildman–Crippen LogP) is 4.91. The van der Waals surface area contributed by atoms with Crippen molar-refractivity contribution < 1.29 is 4.79 Å². The van der Waals surface area contributed by atoms with Gasteiger partial charge in [-0.1, -0.05) is 29.4 Å². The summed E-state index contributed by atoms with van der Waals surface area (Å²) in [7, 11) is 0. The zero-order valence-corrected chi connectivity index (χ0v) is 15.0. The maximum Gasteiger partial charge on any atom is 0.224 e. The summed E-state index contributed by atoms with van der Waals surface area (Å²) in [5, 5.41) is 4.56. The first-order valence-corrected chi connectivity index (χ1v) is 9.29. The van der Waals surface area contributed by atoms with E-state index in [1.165, 1.54) is 23.1 Å². The van der Waals surface area contributed by atoms with E-state index in [0.29, 0.717) is 12.8 Å². The molecule has 0 spiro atoms. The summed E-state index contributed by atoms with van der Waals surface area (Å²) in [6, 6.07) is 13.1. The number of halogens is 1. The lowest BCUT2D eigenvalue weighted by molar-refractivity contribution is -0.116. The van der Waals surface area contributed by atoms with Gasteiger partial charge in [-0.05, 0) is 42.8 Å². The monoisotopic (exact) mass is 375 g/mol. The number of aromatic nitrogens is 2. The van der Waals surface area contributed by atoms with Crippen LogP contribution in [0.25, 0.3) is 0 Å². The summed E-state index contributed by atoms with van der Waals surface area (Å²) < 4.78 is 0.746. The quantitative estimate of drug-likeness (QED) is 0.664. The first kappa shape index (κ1) is 17.0. The number of carbonyl (C=O) groups excluding carboxylic acids is 1. The van der Waals surface area contributed by atoms with E-state index in [-0.39, 0.29) is 5.91 Å². The number of pyridine rings is 2. The van der Waals surface area contributed by atoms with Crippen molar-refractivity contribution in [2.45, 2.75) is 22.9 Å². The van der Waals surface area contributed by atoms with E-state index in [9.17, 15) is 4.79 Å². The highest BCUT2D eigenvalue weighted by molar-refractivity contribution is 7.99. The van der Waals surface area contributed by atoms with Gasteiger partial charge in [-0.25, -0.2) is 9.97 Å². The van der Waals surface area contributed by atoms with Crippen molar-refractivity contribution in [1.82, 2.24) is 9.97 Å². The molecule has 0 aromatic carbocycles. The van der Waals surface area contributed by atoms with Crippen molar-refractivity contribution in [3.63, 3.8) is 0 Å². The second kappa shape index (κ2) is 8.28. The standard InChI is InChI=1S/C17H14ClN3OS2/c18-14-6-4-13(23-14)5-7-15(22)21-12-8-10-20-17(11-12)24-16-3-1-2-9-19-16/h1-4,6,8-11H,5,7H2,(H,20,21,22). The summed E-state index contributed by atoms with van der Waals surface area (Å²) in [5.41, 5.74) is 0.734. The lowest BCUT2D eigenvalue weighted by Crippen LogP contribution is -2.12. The molecule has 0 bridgehead atoms. The minimum Gasteiger partial charge on any atom is -0.326 e. The van der Waals surface area contributed by atoms with Crippen molar-refractivity contribution in [3.05, 3.63) is 64.1 Å². The van der Waals surface area contributed by atoms with E-state index < -0.39 is 0 Å². The van der Waals surface area contributed by atoms with E-state index in [1.54, 1.807) is 18.5 Å². The zero-order valence-electron chi connectivity index (χ0n) is 12.6. The van der Waals surface area contributed by atoms with Crippen LogP contribution in [0.1, 0.15) is 11.3 Å². The minimum absolute atomic E-state index is 0.0282. The van der Waals surface area contributed by atoms with E-state index in [0.717, 1.165) is 25.0 Å². The van der Waals surface area contributed by atoms with Crippen LogP contribution < -0.4 is 5.32 Å². The van der Waals surface area contributed by atoms with Gasteiger partial charge in [0.1, 0.15) is 10.1 Å². The van der Waals surface area contributed by atoms with Crippen molar-refractivity contribution in [1.29, 1.82) is 0 Å². The number of amides is 1. The molecule has 3 aromatic heterocycles. The maximum absolute atomic E-state index is 12.1. The Labute approximate surface area is 153 Å². The molecule has 24 heavy (non-hydrogen) atoms. The average molecular weight is 376 g/mol. The SMILES string of the molecule is O=C(CCc1ccc(Cl)s1)Nc1ccnc(Sc2ccccn2)c1. The van der Waals surface area contributed by atoms with Gasteiger partial charge in [-0.3, -0.25) is 4.79 Å². The van der Waals surface area contributed by atoms with Crippen molar-refractivity contribution >= 4 is 46.3 Å². The Kier molecular flexibility index (Phi) is 5.85. The third-order valence-corrected chi connectivity index (χ3v) is 5.27. The molecule has 3 aromatic rings. The summed E-state index contributed by atoms with van der Waals surface area (Å²) in [5.74, 6) is -0.0282. The topological polar surface area (TPSA) is 54.9 Å². The smallest absolute Gasteiger partial charge is 0.224 e. The summed E-state index contributed by atoms with van der Waals surface area (Å²) in [4.78, 5) is 21.7. The fourth-order valence-corrected chi connectivity index (χ4v) is 3.86. The van der Waals surface area contributed by atoms with Gasteiger partial charge in [0.25, 0.3) is 0 Å². The number of nitrogens with zero attached hydrogens (tertiary/aromatic N) is 2. The molecule has 0 aliphatic rings. The van der Waals surface area contributed by atoms with Crippen LogP contribution in [-0.4, -0.2) is 15.9 Å². The number of rotatable bonds is 6. The van der Waals surface area contributed by atoms with E-state index in [1.807, 2.05) is 36.4 Å². The Morgan fingerprint density at radius 1 is 1.12 bits per heavy atom. The lowest BCUT2D eigenvalue weighted by Gasteiger charge is -2.06. The first-order chi connectivity index (χ1) is 11.7. The van der Waals surface area contributed by atoms with Gasteiger partial charge in [0, 0.05) is 29.4 Å². The Morgan fingerprint density at radius 3 is 2.75 bits per heavy atom. The molecule has 0 radical (unpaired) electrons. The van der Waals surface area contributed by atoms with E-state index >= 15 is 0 Å². The molecule has 0 unspecified atom stereocenters. The largest absolute Gasteiger partial charge is 0.326 e. The number of anilines is 1. The number of aryl methyl sites for hydroxylation is 1. The van der Waals surface area contributed by atoms with Gasteiger partial charge in [0.05, 0.1) is 4.34 Å². The van der Waals surface area contributed by atoms with Gasteiger partial charge in [-0.2, -0.15) is 0 Å². The molecule has 0 saturated carbocycles. The summed E-state index contributed by atoms with van der Waals surface area (Å²) in [6.45, 7) is 0. The number of nitrogens with one attached hydrogen (secondary N) is 1. The van der Waals surface area contributed by atoms with Crippen LogP contribution in [0.15, 0.2) is 64.9 Å². The van der Waals surface area contributed by atoms with E-state index in [4.69, 9.17) is 11.6 Å². The highest BCUT2D eigenvalue weighted by atomic mass is 35.5. The maximum atomic E-state index is 12.1. The molecule has 3 heterocycles. The molecular formula is C17H14ClN3OS2. The fourth-order valence-electron chi connectivity index (χ4n) is 2.00. The third-order valence-electron chi connectivity index (χ3n) is 3.09. The van der Waals surface area contributed by atoms with Crippen LogP contribution in [0.4, 0.5) is 5.69 Å². The lowest BCUT2D eigenvalue weighted by atomic mass is 10.2. The minimum atomic E-state index is -0.0282. The molecule has 1 N–H and O–H groups in total. The highest BCUT2D eigenvalue weighted by Crippen LogP contribution is 2.26. The van der Waals surface area contributed by atoms with Gasteiger partial charge in [0.15, 0.2) is 0 Å². The fraction of sp³-hybridized carbons (Fsp3) is 0.118. The average Bonchev–Trinajstić information content (AvgIpc) is 3.00. The molecule has 0 aliphatic heterocycles. The highest BCUT2D eigenvalue weighted by Gasteiger charge is 2.07. The van der Waals surface area contributed by atoms with Crippen LogP contribution in [-0.2, 0) is 11.2 Å².